The first kappa shape index (κ1) is 17.1. The van der Waals surface area contributed by atoms with Gasteiger partial charge in [-0.1, -0.05) is 39.0 Å². The largest absolute Gasteiger partial charge is 0.454 e. The molecule has 0 aliphatic carbocycles. The van der Waals surface area contributed by atoms with Crippen LogP contribution in [0.5, 0.6) is 11.5 Å². The highest BCUT2D eigenvalue weighted by Crippen LogP contribution is 2.32. The van der Waals surface area contributed by atoms with Crippen LogP contribution in [-0.2, 0) is 16.8 Å². The Labute approximate surface area is 148 Å². The Morgan fingerprint density at radius 1 is 1.04 bits per heavy atom. The number of hydrogen-bond acceptors (Lipinski definition) is 4. The lowest BCUT2D eigenvalue weighted by Crippen LogP contribution is -2.29. The maximum Gasteiger partial charge on any atom is 0.239 e. The maximum atomic E-state index is 12.0. The average Bonchev–Trinajstić information content (AvgIpc) is 3.05. The van der Waals surface area contributed by atoms with E-state index in [4.69, 9.17) is 9.47 Å². The molecule has 2 N–H and O–H groups in total. The normalized spacial score (nSPS) is 12.8. The molecule has 0 fully saturated rings. The third-order valence-electron chi connectivity index (χ3n) is 4.13. The third-order valence-corrected chi connectivity index (χ3v) is 4.13. The predicted molar refractivity (Wildman–Crippen MR) is 98.0 cm³/mol. The topological polar surface area (TPSA) is 59.6 Å². The van der Waals surface area contributed by atoms with Crippen LogP contribution in [-0.4, -0.2) is 19.2 Å². The Morgan fingerprint density at radius 3 is 2.48 bits per heavy atom. The predicted octanol–water partition coefficient (Wildman–Crippen LogP) is 3.44. The molecule has 0 saturated heterocycles. The minimum Gasteiger partial charge on any atom is -0.454 e. The standard InChI is InChI=1S/C20H24N2O3/c1-20(2,3)15-5-7-16(8-6-15)21-12-19(23)22-11-14-4-9-17-18(10-14)25-13-24-17/h4-10,21H,11-13H2,1-3H3,(H,22,23). The summed E-state index contributed by atoms with van der Waals surface area (Å²) in [5.74, 6) is 1.41. The van der Waals surface area contributed by atoms with Gasteiger partial charge in [-0.05, 0) is 40.8 Å². The van der Waals surface area contributed by atoms with Gasteiger partial charge in [0.1, 0.15) is 0 Å². The molecule has 5 nitrogen and oxygen atoms in total. The lowest BCUT2D eigenvalue weighted by molar-refractivity contribution is -0.119. The van der Waals surface area contributed by atoms with Crippen LogP contribution in [0.15, 0.2) is 42.5 Å². The van der Waals surface area contributed by atoms with Gasteiger partial charge < -0.3 is 20.1 Å². The minimum atomic E-state index is -0.0578. The summed E-state index contributed by atoms with van der Waals surface area (Å²) in [6, 6.07) is 13.9. The van der Waals surface area contributed by atoms with Crippen LogP contribution in [0.1, 0.15) is 31.9 Å². The number of fused-ring (bicyclic) bond motifs is 1. The summed E-state index contributed by atoms with van der Waals surface area (Å²) < 4.78 is 10.6. The fourth-order valence-corrected chi connectivity index (χ4v) is 2.58. The van der Waals surface area contributed by atoms with Crippen molar-refractivity contribution < 1.29 is 14.3 Å². The van der Waals surface area contributed by atoms with Crippen molar-refractivity contribution in [1.82, 2.24) is 5.32 Å². The Bertz CT molecular complexity index is 749. The molecule has 1 aliphatic rings. The van der Waals surface area contributed by atoms with Crippen molar-refractivity contribution in [2.75, 3.05) is 18.7 Å². The van der Waals surface area contributed by atoms with Gasteiger partial charge in [-0.25, -0.2) is 0 Å². The highest BCUT2D eigenvalue weighted by Gasteiger charge is 2.14. The number of carbonyl (C=O) groups is 1. The second-order valence-corrected chi connectivity index (χ2v) is 7.15. The number of benzene rings is 2. The van der Waals surface area contributed by atoms with Crippen LogP contribution >= 0.6 is 0 Å². The van der Waals surface area contributed by atoms with E-state index in [0.29, 0.717) is 6.54 Å². The molecule has 2 aromatic carbocycles. The molecule has 1 amide bonds. The summed E-state index contributed by atoms with van der Waals surface area (Å²) in [4.78, 5) is 12.0. The molecule has 3 rings (SSSR count). The fraction of sp³-hybridized carbons (Fsp3) is 0.350. The Hall–Kier alpha value is -2.69. The molecule has 25 heavy (non-hydrogen) atoms. The van der Waals surface area contributed by atoms with Crippen LogP contribution in [0.25, 0.3) is 0 Å². The SMILES string of the molecule is CC(C)(C)c1ccc(NCC(=O)NCc2ccc3c(c2)OCO3)cc1. The molecule has 0 unspecified atom stereocenters. The van der Waals surface area contributed by atoms with Gasteiger partial charge in [-0.15, -0.1) is 0 Å². The molecule has 0 atom stereocenters. The van der Waals surface area contributed by atoms with E-state index < -0.39 is 0 Å². The van der Waals surface area contributed by atoms with Gasteiger partial charge in [0.15, 0.2) is 11.5 Å². The van der Waals surface area contributed by atoms with Crippen LogP contribution in [0, 0.1) is 0 Å². The summed E-state index contributed by atoms with van der Waals surface area (Å²) in [5.41, 5.74) is 3.31. The Morgan fingerprint density at radius 2 is 1.76 bits per heavy atom. The van der Waals surface area contributed by atoms with Crippen molar-refractivity contribution in [1.29, 1.82) is 0 Å². The molecule has 0 saturated carbocycles. The molecule has 0 aromatic heterocycles. The molecule has 2 aromatic rings. The summed E-state index contributed by atoms with van der Waals surface area (Å²) in [6.07, 6.45) is 0. The third kappa shape index (κ3) is 4.44. The highest BCUT2D eigenvalue weighted by atomic mass is 16.7. The first-order valence-electron chi connectivity index (χ1n) is 8.41. The van der Waals surface area contributed by atoms with Crippen LogP contribution in [0.4, 0.5) is 5.69 Å². The van der Waals surface area contributed by atoms with Crippen molar-refractivity contribution in [3.63, 3.8) is 0 Å². The van der Waals surface area contributed by atoms with Crippen molar-refractivity contribution in [2.24, 2.45) is 0 Å². The second kappa shape index (κ2) is 7.05. The number of ether oxygens (including phenoxy) is 2. The first-order valence-corrected chi connectivity index (χ1v) is 8.41. The highest BCUT2D eigenvalue weighted by molar-refractivity contribution is 5.80. The van der Waals surface area contributed by atoms with Gasteiger partial charge in [-0.3, -0.25) is 4.79 Å². The summed E-state index contributed by atoms with van der Waals surface area (Å²) in [5, 5.41) is 6.04. The van der Waals surface area contributed by atoms with Gasteiger partial charge >= 0.3 is 0 Å². The van der Waals surface area contributed by atoms with E-state index in [9.17, 15) is 4.79 Å². The monoisotopic (exact) mass is 340 g/mol. The van der Waals surface area contributed by atoms with Gasteiger partial charge in [0.25, 0.3) is 0 Å². The van der Waals surface area contributed by atoms with Crippen LogP contribution in [0.2, 0.25) is 0 Å². The summed E-state index contributed by atoms with van der Waals surface area (Å²) >= 11 is 0. The quantitative estimate of drug-likeness (QED) is 0.875. The van der Waals surface area contributed by atoms with Gasteiger partial charge in [0.05, 0.1) is 6.54 Å². The molecule has 0 radical (unpaired) electrons. The number of nitrogens with one attached hydrogen (secondary N) is 2. The number of anilines is 1. The van der Waals surface area contributed by atoms with E-state index in [1.807, 2.05) is 30.3 Å². The number of hydrogen-bond donors (Lipinski definition) is 2. The minimum absolute atomic E-state index is 0.0578. The average molecular weight is 340 g/mol. The first-order chi connectivity index (χ1) is 11.9. The van der Waals surface area contributed by atoms with E-state index in [1.54, 1.807) is 0 Å². The van der Waals surface area contributed by atoms with E-state index in [2.05, 4.69) is 43.5 Å². The lowest BCUT2D eigenvalue weighted by atomic mass is 9.87. The summed E-state index contributed by atoms with van der Waals surface area (Å²) in [7, 11) is 0. The van der Waals surface area contributed by atoms with E-state index in [-0.39, 0.29) is 24.7 Å². The van der Waals surface area contributed by atoms with E-state index in [1.165, 1.54) is 5.56 Å². The maximum absolute atomic E-state index is 12.0. The molecule has 0 spiro atoms. The number of rotatable bonds is 5. The molecule has 0 bridgehead atoms. The smallest absolute Gasteiger partial charge is 0.239 e. The molecule has 1 aliphatic heterocycles. The zero-order chi connectivity index (χ0) is 17.9. The number of amides is 1. The van der Waals surface area contributed by atoms with Crippen molar-refractivity contribution in [2.45, 2.75) is 32.7 Å². The van der Waals surface area contributed by atoms with E-state index in [0.717, 1.165) is 22.7 Å². The Kier molecular flexibility index (Phi) is 4.83. The zero-order valence-corrected chi connectivity index (χ0v) is 14.9. The van der Waals surface area contributed by atoms with Gasteiger partial charge in [-0.2, -0.15) is 0 Å². The molecular formula is C20H24N2O3. The zero-order valence-electron chi connectivity index (χ0n) is 14.9. The summed E-state index contributed by atoms with van der Waals surface area (Å²) in [6.45, 7) is 7.49. The molecule has 132 valence electrons. The molecule has 5 heteroatoms. The number of carbonyl (C=O) groups excluding carboxylic acids is 1. The fourth-order valence-electron chi connectivity index (χ4n) is 2.58. The molecular weight excluding hydrogens is 316 g/mol. The Balaban J connectivity index is 1.46. The van der Waals surface area contributed by atoms with Crippen LogP contribution in [0.3, 0.4) is 0 Å². The van der Waals surface area contributed by atoms with Crippen molar-refractivity contribution in [3.8, 4) is 11.5 Å². The molecule has 1 heterocycles. The van der Waals surface area contributed by atoms with Gasteiger partial charge in [0, 0.05) is 12.2 Å². The lowest BCUT2D eigenvalue weighted by Gasteiger charge is -2.19. The second-order valence-electron chi connectivity index (χ2n) is 7.15. The van der Waals surface area contributed by atoms with Crippen molar-refractivity contribution in [3.05, 3.63) is 53.6 Å². The van der Waals surface area contributed by atoms with Crippen molar-refractivity contribution >= 4 is 11.6 Å². The van der Waals surface area contributed by atoms with Crippen LogP contribution < -0.4 is 20.1 Å². The van der Waals surface area contributed by atoms with E-state index >= 15 is 0 Å². The van der Waals surface area contributed by atoms with Gasteiger partial charge in [0.2, 0.25) is 12.7 Å².